The maximum absolute atomic E-state index is 12.8. The zero-order valence-electron chi connectivity index (χ0n) is 16.2. The fourth-order valence-corrected chi connectivity index (χ4v) is 3.89. The summed E-state index contributed by atoms with van der Waals surface area (Å²) in [6.45, 7) is 2.76. The molecule has 1 unspecified atom stereocenters. The van der Waals surface area contributed by atoms with Crippen LogP contribution >= 0.6 is 11.6 Å². The first-order valence-corrected chi connectivity index (χ1v) is 10.3. The van der Waals surface area contributed by atoms with Crippen molar-refractivity contribution < 1.29 is 18.7 Å². The van der Waals surface area contributed by atoms with Crippen LogP contribution in [0, 0.1) is 0 Å². The summed E-state index contributed by atoms with van der Waals surface area (Å²) >= 11 is 6.00. The summed E-state index contributed by atoms with van der Waals surface area (Å²) in [5.41, 5.74) is 2.74. The third-order valence-electron chi connectivity index (χ3n) is 5.58. The highest BCUT2D eigenvalue weighted by molar-refractivity contribution is 6.31. The highest BCUT2D eigenvalue weighted by Gasteiger charge is 2.33. The number of fused-ring (bicyclic) bond motifs is 1. The van der Waals surface area contributed by atoms with Gasteiger partial charge in [-0.25, -0.2) is 4.98 Å². The van der Waals surface area contributed by atoms with Crippen molar-refractivity contribution in [3.05, 3.63) is 53.1 Å². The van der Waals surface area contributed by atoms with Crippen LogP contribution < -0.4 is 0 Å². The zero-order chi connectivity index (χ0) is 20.7. The van der Waals surface area contributed by atoms with Gasteiger partial charge in [0, 0.05) is 54.8 Å². The van der Waals surface area contributed by atoms with Gasteiger partial charge in [-0.1, -0.05) is 11.6 Å². The number of oxazole rings is 1. The van der Waals surface area contributed by atoms with Crippen LogP contribution in [0.5, 0.6) is 0 Å². The molecule has 154 valence electrons. The minimum atomic E-state index is -0.289. The van der Waals surface area contributed by atoms with Gasteiger partial charge in [-0.15, -0.1) is 0 Å². The van der Waals surface area contributed by atoms with Gasteiger partial charge in [0.15, 0.2) is 5.58 Å². The molecule has 2 aromatic carbocycles. The summed E-state index contributed by atoms with van der Waals surface area (Å²) in [5, 5.41) is 0.591. The molecule has 1 aromatic heterocycles. The summed E-state index contributed by atoms with van der Waals surface area (Å²) in [6, 6.07) is 12.5. The topological polar surface area (TPSA) is 75.9 Å². The third kappa shape index (κ3) is 3.55. The molecule has 0 aliphatic carbocycles. The lowest BCUT2D eigenvalue weighted by molar-refractivity contribution is -0.157. The van der Waals surface area contributed by atoms with Crippen LogP contribution in [0.3, 0.4) is 0 Å². The van der Waals surface area contributed by atoms with Crippen LogP contribution in [-0.2, 0) is 9.53 Å². The number of carbonyl (C=O) groups excluding carboxylic acids is 2. The second kappa shape index (κ2) is 7.74. The molecule has 0 saturated carbocycles. The number of rotatable bonds is 3. The van der Waals surface area contributed by atoms with Crippen molar-refractivity contribution in [1.82, 2.24) is 14.8 Å². The summed E-state index contributed by atoms with van der Waals surface area (Å²) in [7, 11) is 0. The highest BCUT2D eigenvalue weighted by Crippen LogP contribution is 2.26. The Morgan fingerprint density at radius 1 is 1.00 bits per heavy atom. The van der Waals surface area contributed by atoms with Crippen molar-refractivity contribution in [2.75, 3.05) is 32.8 Å². The number of benzene rings is 2. The molecular weight excluding hydrogens is 406 g/mol. The van der Waals surface area contributed by atoms with Crippen molar-refractivity contribution in [2.45, 2.75) is 12.5 Å². The molecule has 0 radical (unpaired) electrons. The lowest BCUT2D eigenvalue weighted by Crippen LogP contribution is -2.54. The van der Waals surface area contributed by atoms with E-state index in [4.69, 9.17) is 20.8 Å². The molecule has 0 spiro atoms. The lowest BCUT2D eigenvalue weighted by Gasteiger charge is -2.38. The lowest BCUT2D eigenvalue weighted by atomic mass is 10.1. The largest absolute Gasteiger partial charge is 0.436 e. The molecule has 30 heavy (non-hydrogen) atoms. The monoisotopic (exact) mass is 425 g/mol. The number of aromatic nitrogens is 1. The molecule has 2 aliphatic heterocycles. The fraction of sp³-hybridized carbons (Fsp3) is 0.318. The second-order valence-corrected chi connectivity index (χ2v) is 7.91. The summed E-state index contributed by atoms with van der Waals surface area (Å²) in [6.07, 6.45) is 0.500. The molecule has 3 aromatic rings. The Morgan fingerprint density at radius 3 is 2.37 bits per heavy atom. The Kier molecular flexibility index (Phi) is 4.92. The van der Waals surface area contributed by atoms with Gasteiger partial charge in [-0.3, -0.25) is 9.59 Å². The minimum absolute atomic E-state index is 0.0392. The van der Waals surface area contributed by atoms with Crippen molar-refractivity contribution in [1.29, 1.82) is 0 Å². The van der Waals surface area contributed by atoms with Gasteiger partial charge in [0.1, 0.15) is 11.6 Å². The summed E-state index contributed by atoms with van der Waals surface area (Å²) in [5.74, 6) is 0.479. The molecule has 5 rings (SSSR count). The molecule has 0 N–H and O–H groups in total. The standard InChI is InChI=1S/C22H20ClN3O4/c23-16-5-6-17-19(13-16)30-20(24-17)14-1-3-15(4-2-14)21(27)25-8-10-26(11-9-25)22(28)18-7-12-29-18/h1-6,13,18H,7-12H2. The average Bonchev–Trinajstić information content (AvgIpc) is 3.15. The molecule has 3 heterocycles. The fourth-order valence-electron chi connectivity index (χ4n) is 3.72. The van der Waals surface area contributed by atoms with Gasteiger partial charge in [0.2, 0.25) is 5.89 Å². The van der Waals surface area contributed by atoms with E-state index in [-0.39, 0.29) is 17.9 Å². The highest BCUT2D eigenvalue weighted by atomic mass is 35.5. The van der Waals surface area contributed by atoms with Crippen LogP contribution in [0.4, 0.5) is 0 Å². The van der Waals surface area contributed by atoms with E-state index >= 15 is 0 Å². The van der Waals surface area contributed by atoms with Crippen molar-refractivity contribution in [3.8, 4) is 11.5 Å². The Balaban J connectivity index is 1.25. The molecular formula is C22H20ClN3O4. The number of halogens is 1. The van der Waals surface area contributed by atoms with E-state index in [9.17, 15) is 9.59 Å². The second-order valence-electron chi connectivity index (χ2n) is 7.47. The number of amides is 2. The van der Waals surface area contributed by atoms with E-state index in [0.717, 1.165) is 17.5 Å². The summed E-state index contributed by atoms with van der Waals surface area (Å²) in [4.78, 5) is 33.1. The average molecular weight is 426 g/mol. The Labute approximate surface area is 178 Å². The Morgan fingerprint density at radius 2 is 1.70 bits per heavy atom. The molecule has 2 amide bonds. The van der Waals surface area contributed by atoms with E-state index in [1.54, 1.807) is 34.1 Å². The Hall–Kier alpha value is -2.90. The molecule has 1 atom stereocenters. The van der Waals surface area contributed by atoms with E-state index in [2.05, 4.69) is 4.98 Å². The smallest absolute Gasteiger partial charge is 0.253 e. The van der Waals surface area contributed by atoms with E-state index in [0.29, 0.717) is 54.8 Å². The molecule has 2 saturated heterocycles. The summed E-state index contributed by atoms with van der Waals surface area (Å²) < 4.78 is 11.1. The van der Waals surface area contributed by atoms with E-state index < -0.39 is 0 Å². The number of hydrogen-bond donors (Lipinski definition) is 0. The first-order chi connectivity index (χ1) is 14.6. The maximum atomic E-state index is 12.8. The van der Waals surface area contributed by atoms with Crippen LogP contribution in [0.1, 0.15) is 16.8 Å². The zero-order valence-corrected chi connectivity index (χ0v) is 17.0. The molecule has 0 bridgehead atoms. The van der Waals surface area contributed by atoms with Crippen LogP contribution in [0.15, 0.2) is 46.9 Å². The van der Waals surface area contributed by atoms with Gasteiger partial charge in [-0.2, -0.15) is 0 Å². The van der Waals surface area contributed by atoms with Gasteiger partial charge in [-0.05, 0) is 36.4 Å². The Bertz CT molecular complexity index is 1100. The number of hydrogen-bond acceptors (Lipinski definition) is 5. The molecule has 2 fully saturated rings. The van der Waals surface area contributed by atoms with Gasteiger partial charge >= 0.3 is 0 Å². The number of carbonyl (C=O) groups is 2. The SMILES string of the molecule is O=C(c1ccc(-c2nc3ccc(Cl)cc3o2)cc1)N1CCN(C(=O)C2CCO2)CC1. The number of nitrogens with zero attached hydrogens (tertiary/aromatic N) is 3. The predicted molar refractivity (Wildman–Crippen MR) is 111 cm³/mol. The van der Waals surface area contributed by atoms with Gasteiger partial charge < -0.3 is 19.0 Å². The molecule has 2 aliphatic rings. The van der Waals surface area contributed by atoms with Gasteiger partial charge in [0.25, 0.3) is 11.8 Å². The van der Waals surface area contributed by atoms with Crippen molar-refractivity contribution in [3.63, 3.8) is 0 Å². The predicted octanol–water partition coefficient (Wildman–Crippen LogP) is 3.22. The van der Waals surface area contributed by atoms with Crippen LogP contribution in [0.25, 0.3) is 22.6 Å². The normalized spacial score (nSPS) is 19.0. The van der Waals surface area contributed by atoms with Crippen molar-refractivity contribution in [2.24, 2.45) is 0 Å². The van der Waals surface area contributed by atoms with Crippen molar-refractivity contribution >= 4 is 34.5 Å². The first kappa shape index (κ1) is 19.1. The number of ether oxygens (including phenoxy) is 1. The van der Waals surface area contributed by atoms with Gasteiger partial charge in [0.05, 0.1) is 6.61 Å². The third-order valence-corrected chi connectivity index (χ3v) is 5.82. The van der Waals surface area contributed by atoms with E-state index in [1.165, 1.54) is 0 Å². The first-order valence-electron chi connectivity index (χ1n) is 9.95. The van der Waals surface area contributed by atoms with E-state index in [1.807, 2.05) is 18.2 Å². The maximum Gasteiger partial charge on any atom is 0.253 e. The van der Waals surface area contributed by atoms with Crippen LogP contribution in [0.2, 0.25) is 5.02 Å². The quantitative estimate of drug-likeness (QED) is 0.644. The minimum Gasteiger partial charge on any atom is -0.436 e. The van der Waals surface area contributed by atoms with Crippen LogP contribution in [-0.4, -0.2) is 65.5 Å². The molecule has 7 nitrogen and oxygen atoms in total. The molecule has 8 heteroatoms. The number of piperazine rings is 1.